The van der Waals surface area contributed by atoms with E-state index >= 15 is 0 Å². The summed E-state index contributed by atoms with van der Waals surface area (Å²) in [5.41, 5.74) is 15.0. The lowest BCUT2D eigenvalue weighted by molar-refractivity contribution is 0.112. The van der Waals surface area contributed by atoms with Crippen molar-refractivity contribution in [2.24, 2.45) is 0 Å². The fraction of sp³-hybridized carbons (Fsp3) is 0.136. The number of hydrogen-bond acceptors (Lipinski definition) is 8. The third-order valence-corrected chi connectivity index (χ3v) is 4.89. The van der Waals surface area contributed by atoms with Crippen molar-refractivity contribution in [2.75, 3.05) is 25.7 Å². The molecule has 0 saturated heterocycles. The van der Waals surface area contributed by atoms with Crippen LogP contribution in [0.5, 0.6) is 11.5 Å². The van der Waals surface area contributed by atoms with Crippen molar-refractivity contribution in [3.8, 4) is 22.8 Å². The number of nitrogens with zero attached hydrogens (tertiary/aromatic N) is 2. The molecule has 8 heteroatoms. The van der Waals surface area contributed by atoms with E-state index in [1.807, 2.05) is 24.3 Å². The Kier molecular flexibility index (Phi) is 4.97. The van der Waals surface area contributed by atoms with Crippen LogP contribution >= 0.6 is 0 Å². The van der Waals surface area contributed by atoms with Crippen LogP contribution in [-0.2, 0) is 6.42 Å². The number of nitrogen functional groups attached to an aromatic ring is 2. The second kappa shape index (κ2) is 7.75. The van der Waals surface area contributed by atoms with Crippen LogP contribution in [0.25, 0.3) is 22.3 Å². The van der Waals surface area contributed by atoms with Crippen LogP contribution in [0.2, 0.25) is 0 Å². The lowest BCUT2D eigenvalue weighted by atomic mass is 10.0. The number of methoxy groups -OCH3 is 2. The van der Waals surface area contributed by atoms with Crippen LogP contribution in [0, 0.1) is 0 Å². The molecule has 2 aromatic heterocycles. The number of furan rings is 1. The van der Waals surface area contributed by atoms with Gasteiger partial charge in [-0.15, -0.1) is 0 Å². The molecule has 0 aliphatic heterocycles. The Morgan fingerprint density at radius 1 is 1.10 bits per heavy atom. The smallest absolute Gasteiger partial charge is 0.221 e. The van der Waals surface area contributed by atoms with Gasteiger partial charge in [0.05, 0.1) is 14.2 Å². The summed E-state index contributed by atoms with van der Waals surface area (Å²) < 4.78 is 17.2. The molecule has 0 amide bonds. The zero-order valence-corrected chi connectivity index (χ0v) is 16.5. The van der Waals surface area contributed by atoms with Gasteiger partial charge in [-0.2, -0.15) is 4.98 Å². The van der Waals surface area contributed by atoms with Crippen LogP contribution in [0.3, 0.4) is 0 Å². The molecule has 0 spiro atoms. The molecule has 2 aromatic carbocycles. The van der Waals surface area contributed by atoms with E-state index in [4.69, 9.17) is 25.4 Å². The number of aromatic nitrogens is 2. The first-order valence-corrected chi connectivity index (χ1v) is 9.14. The number of anilines is 2. The summed E-state index contributed by atoms with van der Waals surface area (Å²) in [4.78, 5) is 19.6. The van der Waals surface area contributed by atoms with Gasteiger partial charge in [0.1, 0.15) is 11.6 Å². The number of aldehydes is 1. The normalized spacial score (nSPS) is 10.9. The van der Waals surface area contributed by atoms with E-state index in [1.54, 1.807) is 32.5 Å². The maximum Gasteiger partial charge on any atom is 0.221 e. The van der Waals surface area contributed by atoms with E-state index in [2.05, 4.69) is 9.97 Å². The summed E-state index contributed by atoms with van der Waals surface area (Å²) in [7, 11) is 3.10. The van der Waals surface area contributed by atoms with Crippen LogP contribution in [-0.4, -0.2) is 30.5 Å². The maximum absolute atomic E-state index is 11.5. The first-order valence-electron chi connectivity index (χ1n) is 9.14. The van der Waals surface area contributed by atoms with E-state index < -0.39 is 0 Å². The van der Waals surface area contributed by atoms with Crippen LogP contribution in [0.1, 0.15) is 21.5 Å². The average Bonchev–Trinajstić information content (AvgIpc) is 3.20. The van der Waals surface area contributed by atoms with Crippen molar-refractivity contribution in [3.05, 3.63) is 59.3 Å². The minimum atomic E-state index is 0.116. The monoisotopic (exact) mass is 404 g/mol. The zero-order valence-electron chi connectivity index (χ0n) is 16.5. The SMILES string of the molecule is COc1cc(Cc2cnc(N)nc2N)c2cc(-c3ccccc3C=O)oc2c1OC. The molecule has 2 heterocycles. The molecule has 4 N–H and O–H groups in total. The lowest BCUT2D eigenvalue weighted by Gasteiger charge is -2.12. The maximum atomic E-state index is 11.5. The van der Waals surface area contributed by atoms with Gasteiger partial charge in [0.2, 0.25) is 11.7 Å². The summed E-state index contributed by atoms with van der Waals surface area (Å²) in [6, 6.07) is 11.0. The summed E-state index contributed by atoms with van der Waals surface area (Å²) >= 11 is 0. The average molecular weight is 404 g/mol. The number of rotatable bonds is 6. The van der Waals surface area contributed by atoms with Gasteiger partial charge in [0.25, 0.3) is 0 Å². The Labute approximate surface area is 172 Å². The minimum absolute atomic E-state index is 0.116. The predicted molar refractivity (Wildman–Crippen MR) is 114 cm³/mol. The van der Waals surface area contributed by atoms with Gasteiger partial charge in [-0.05, 0) is 17.7 Å². The fourth-order valence-corrected chi connectivity index (χ4v) is 3.44. The van der Waals surface area contributed by atoms with E-state index in [0.29, 0.717) is 51.8 Å². The number of carbonyl (C=O) groups excluding carboxylic acids is 1. The van der Waals surface area contributed by atoms with E-state index in [1.165, 1.54) is 0 Å². The van der Waals surface area contributed by atoms with Crippen LogP contribution in [0.4, 0.5) is 11.8 Å². The number of fused-ring (bicyclic) bond motifs is 1. The van der Waals surface area contributed by atoms with Gasteiger partial charge < -0.3 is 25.4 Å². The molecule has 0 unspecified atom stereocenters. The van der Waals surface area contributed by atoms with E-state index in [-0.39, 0.29) is 5.95 Å². The molecule has 0 saturated carbocycles. The third-order valence-electron chi connectivity index (χ3n) is 4.89. The van der Waals surface area contributed by atoms with E-state index in [0.717, 1.165) is 17.2 Å². The predicted octanol–water partition coefficient (Wildman–Crippen LogP) is 3.47. The minimum Gasteiger partial charge on any atom is -0.493 e. The largest absolute Gasteiger partial charge is 0.493 e. The molecule has 30 heavy (non-hydrogen) atoms. The molecule has 0 aliphatic carbocycles. The van der Waals surface area contributed by atoms with Gasteiger partial charge in [0.15, 0.2) is 17.6 Å². The summed E-state index contributed by atoms with van der Waals surface area (Å²) in [5, 5.41) is 0.805. The van der Waals surface area contributed by atoms with Crippen molar-refractivity contribution in [1.82, 2.24) is 9.97 Å². The fourth-order valence-electron chi connectivity index (χ4n) is 3.44. The highest BCUT2D eigenvalue weighted by atomic mass is 16.5. The summed E-state index contributed by atoms with van der Waals surface area (Å²) in [5.74, 6) is 1.94. The third kappa shape index (κ3) is 3.28. The molecule has 8 nitrogen and oxygen atoms in total. The Morgan fingerprint density at radius 3 is 2.60 bits per heavy atom. The summed E-state index contributed by atoms with van der Waals surface area (Å²) in [6.07, 6.45) is 2.83. The highest BCUT2D eigenvalue weighted by Gasteiger charge is 2.21. The van der Waals surface area contributed by atoms with Crippen molar-refractivity contribution in [1.29, 1.82) is 0 Å². The highest BCUT2D eigenvalue weighted by molar-refractivity contribution is 5.95. The zero-order chi connectivity index (χ0) is 21.3. The van der Waals surface area contributed by atoms with Crippen molar-refractivity contribution in [3.63, 3.8) is 0 Å². The van der Waals surface area contributed by atoms with E-state index in [9.17, 15) is 4.79 Å². The second-order valence-electron chi connectivity index (χ2n) is 6.65. The van der Waals surface area contributed by atoms with Gasteiger partial charge in [-0.3, -0.25) is 4.79 Å². The molecule has 0 bridgehead atoms. The first kappa shape index (κ1) is 19.3. The van der Waals surface area contributed by atoms with Gasteiger partial charge in [-0.25, -0.2) is 4.98 Å². The molecular formula is C22H20N4O4. The van der Waals surface area contributed by atoms with Crippen molar-refractivity contribution < 1.29 is 18.7 Å². The Balaban J connectivity index is 1.93. The Bertz CT molecular complexity index is 1250. The van der Waals surface area contributed by atoms with Gasteiger partial charge in [0, 0.05) is 34.7 Å². The molecule has 4 rings (SSSR count). The quantitative estimate of drug-likeness (QED) is 0.468. The standard InChI is InChI=1S/C22H20N4O4/c1-28-18-8-13(7-14-10-25-22(24)26-21(14)23)16-9-17(30-19(16)20(18)29-2)15-6-4-3-5-12(15)11-27/h3-6,8-11H,7H2,1-2H3,(H4,23,24,25,26). The molecule has 0 fully saturated rings. The van der Waals surface area contributed by atoms with Crippen LogP contribution < -0.4 is 20.9 Å². The topological polar surface area (TPSA) is 126 Å². The number of ether oxygens (including phenoxy) is 2. The Hall–Kier alpha value is -4.07. The second-order valence-corrected chi connectivity index (χ2v) is 6.65. The number of hydrogen-bond donors (Lipinski definition) is 2. The highest BCUT2D eigenvalue weighted by Crippen LogP contribution is 2.42. The van der Waals surface area contributed by atoms with Crippen molar-refractivity contribution in [2.45, 2.75) is 6.42 Å². The number of benzene rings is 2. The molecule has 4 aromatic rings. The summed E-state index contributed by atoms with van der Waals surface area (Å²) in [6.45, 7) is 0. The molecular weight excluding hydrogens is 384 g/mol. The Morgan fingerprint density at radius 2 is 1.90 bits per heavy atom. The molecule has 0 aliphatic rings. The number of nitrogens with two attached hydrogens (primary N) is 2. The first-order chi connectivity index (χ1) is 14.5. The van der Waals surface area contributed by atoms with Gasteiger partial charge in [-0.1, -0.05) is 24.3 Å². The van der Waals surface area contributed by atoms with Gasteiger partial charge >= 0.3 is 0 Å². The van der Waals surface area contributed by atoms with Crippen molar-refractivity contribution >= 4 is 29.0 Å². The number of carbonyl (C=O) groups is 1. The molecule has 152 valence electrons. The molecule has 0 atom stereocenters. The molecule has 0 radical (unpaired) electrons. The van der Waals surface area contributed by atoms with Crippen LogP contribution in [0.15, 0.2) is 47.0 Å². The lowest BCUT2D eigenvalue weighted by Crippen LogP contribution is -2.04.